The van der Waals surface area contributed by atoms with Crippen molar-refractivity contribution in [3.63, 3.8) is 0 Å². The number of hydrogen-bond acceptors (Lipinski definition) is 4. The van der Waals surface area contributed by atoms with Crippen LogP contribution >= 0.6 is 24.0 Å². The largest absolute Gasteiger partial charge is 0.355 e. The van der Waals surface area contributed by atoms with E-state index in [9.17, 15) is 8.42 Å². The SMILES string of the molecule is CN=C(NCCNS(C)(=O)=O)NC1CCN(Cc2ccccc2C)CC1.I. The maximum absolute atomic E-state index is 11.1. The molecule has 1 aromatic rings. The van der Waals surface area contributed by atoms with Crippen LogP contribution in [0.5, 0.6) is 0 Å². The standard InChI is InChI=1S/C18H31N5O2S.HI/c1-15-6-4-5-7-16(15)14-23-12-8-17(9-13-23)22-18(19-2)20-10-11-21-26(3,24)25;/h4-7,17,21H,8-14H2,1-3H3,(H2,19,20,22);1H. The van der Waals surface area contributed by atoms with Crippen molar-refractivity contribution in [2.24, 2.45) is 4.99 Å². The molecule has 7 nitrogen and oxygen atoms in total. The molecule has 0 unspecified atom stereocenters. The summed E-state index contributed by atoms with van der Waals surface area (Å²) >= 11 is 0. The molecule has 27 heavy (non-hydrogen) atoms. The number of benzene rings is 1. The fourth-order valence-electron chi connectivity index (χ4n) is 3.07. The van der Waals surface area contributed by atoms with Crippen LogP contribution < -0.4 is 15.4 Å². The first-order valence-corrected chi connectivity index (χ1v) is 10.9. The molecular weight excluding hydrogens is 477 g/mol. The second-order valence-corrected chi connectivity index (χ2v) is 8.62. The van der Waals surface area contributed by atoms with Gasteiger partial charge in [0.2, 0.25) is 10.0 Å². The van der Waals surface area contributed by atoms with Crippen molar-refractivity contribution in [3.8, 4) is 0 Å². The first-order valence-electron chi connectivity index (χ1n) is 9.06. The first kappa shape index (κ1) is 24.1. The van der Waals surface area contributed by atoms with Crippen LogP contribution in [-0.4, -0.2) is 64.8 Å². The van der Waals surface area contributed by atoms with E-state index >= 15 is 0 Å². The van der Waals surface area contributed by atoms with Crippen LogP contribution in [0.25, 0.3) is 0 Å². The molecule has 1 fully saturated rings. The summed E-state index contributed by atoms with van der Waals surface area (Å²) in [6, 6.07) is 8.94. The summed E-state index contributed by atoms with van der Waals surface area (Å²) < 4.78 is 24.6. The van der Waals surface area contributed by atoms with Gasteiger partial charge in [-0.3, -0.25) is 9.89 Å². The van der Waals surface area contributed by atoms with Gasteiger partial charge in [0.15, 0.2) is 5.96 Å². The number of sulfonamides is 1. The smallest absolute Gasteiger partial charge is 0.208 e. The van der Waals surface area contributed by atoms with Gasteiger partial charge in [0.1, 0.15) is 0 Å². The number of halogens is 1. The number of piperidine rings is 1. The van der Waals surface area contributed by atoms with E-state index in [-0.39, 0.29) is 24.0 Å². The molecule has 154 valence electrons. The van der Waals surface area contributed by atoms with Gasteiger partial charge in [0.05, 0.1) is 6.26 Å². The monoisotopic (exact) mass is 509 g/mol. The molecule has 1 aromatic carbocycles. The Morgan fingerprint density at radius 3 is 2.48 bits per heavy atom. The van der Waals surface area contributed by atoms with E-state index in [2.05, 4.69) is 56.4 Å². The van der Waals surface area contributed by atoms with Crippen LogP contribution in [0, 0.1) is 6.92 Å². The maximum atomic E-state index is 11.1. The third-order valence-corrected chi connectivity index (χ3v) is 5.32. The minimum absolute atomic E-state index is 0. The highest BCUT2D eigenvalue weighted by molar-refractivity contribution is 14.0. The molecule has 0 bridgehead atoms. The maximum Gasteiger partial charge on any atom is 0.208 e. The summed E-state index contributed by atoms with van der Waals surface area (Å²) in [5.74, 6) is 0.720. The second kappa shape index (κ2) is 11.8. The predicted octanol–water partition coefficient (Wildman–Crippen LogP) is 1.29. The van der Waals surface area contributed by atoms with Crippen molar-refractivity contribution in [3.05, 3.63) is 35.4 Å². The lowest BCUT2D eigenvalue weighted by Gasteiger charge is -2.33. The van der Waals surface area contributed by atoms with E-state index in [1.165, 1.54) is 11.1 Å². The third kappa shape index (κ3) is 9.22. The summed E-state index contributed by atoms with van der Waals surface area (Å²) in [4.78, 5) is 6.71. The van der Waals surface area contributed by atoms with Crippen LogP contribution in [0.4, 0.5) is 0 Å². The number of likely N-dealkylation sites (tertiary alicyclic amines) is 1. The Hall–Kier alpha value is -0.910. The van der Waals surface area contributed by atoms with Gasteiger partial charge in [-0.1, -0.05) is 24.3 Å². The van der Waals surface area contributed by atoms with E-state index < -0.39 is 10.0 Å². The molecule has 9 heteroatoms. The average molecular weight is 509 g/mol. The lowest BCUT2D eigenvalue weighted by molar-refractivity contribution is 0.198. The van der Waals surface area contributed by atoms with Crippen molar-refractivity contribution in [2.75, 3.05) is 39.5 Å². The van der Waals surface area contributed by atoms with Gasteiger partial charge in [-0.15, -0.1) is 24.0 Å². The number of nitrogens with one attached hydrogen (secondary N) is 3. The molecule has 1 saturated heterocycles. The minimum atomic E-state index is -3.15. The zero-order valence-electron chi connectivity index (χ0n) is 16.4. The van der Waals surface area contributed by atoms with Gasteiger partial charge in [-0.25, -0.2) is 13.1 Å². The Labute approximate surface area is 180 Å². The topological polar surface area (TPSA) is 85.8 Å². The zero-order chi connectivity index (χ0) is 19.0. The van der Waals surface area contributed by atoms with Crippen molar-refractivity contribution >= 4 is 40.0 Å². The predicted molar refractivity (Wildman–Crippen MR) is 122 cm³/mol. The average Bonchev–Trinajstić information content (AvgIpc) is 2.60. The highest BCUT2D eigenvalue weighted by atomic mass is 127. The Kier molecular flexibility index (Phi) is 10.6. The van der Waals surface area contributed by atoms with Crippen molar-refractivity contribution in [2.45, 2.75) is 32.4 Å². The van der Waals surface area contributed by atoms with Crippen LogP contribution in [0.15, 0.2) is 29.3 Å². The van der Waals surface area contributed by atoms with Gasteiger partial charge in [-0.05, 0) is 30.9 Å². The molecule has 1 aliphatic rings. The number of aryl methyl sites for hydroxylation is 1. The number of rotatable bonds is 7. The van der Waals surface area contributed by atoms with Gasteiger partial charge in [0, 0.05) is 45.8 Å². The van der Waals surface area contributed by atoms with E-state index in [0.717, 1.165) is 44.7 Å². The van der Waals surface area contributed by atoms with E-state index in [1.54, 1.807) is 7.05 Å². The number of hydrogen-bond donors (Lipinski definition) is 3. The molecular formula is C18H32IN5O2S. The number of aliphatic imine (C=N–C) groups is 1. The molecule has 1 aliphatic heterocycles. The molecule has 1 heterocycles. The summed E-state index contributed by atoms with van der Waals surface area (Å²) in [6.07, 6.45) is 3.28. The second-order valence-electron chi connectivity index (χ2n) is 6.79. The number of nitrogens with zero attached hydrogens (tertiary/aromatic N) is 2. The Balaban J connectivity index is 0.00000364. The van der Waals surface area contributed by atoms with Crippen molar-refractivity contribution < 1.29 is 8.42 Å². The lowest BCUT2D eigenvalue weighted by Crippen LogP contribution is -2.49. The van der Waals surface area contributed by atoms with Gasteiger partial charge in [0.25, 0.3) is 0 Å². The minimum Gasteiger partial charge on any atom is -0.355 e. The van der Waals surface area contributed by atoms with E-state index in [4.69, 9.17) is 0 Å². The Bertz CT molecular complexity index is 703. The summed E-state index contributed by atoms with van der Waals surface area (Å²) in [6.45, 7) is 6.12. The highest BCUT2D eigenvalue weighted by Crippen LogP contribution is 2.16. The van der Waals surface area contributed by atoms with Crippen molar-refractivity contribution in [1.82, 2.24) is 20.3 Å². The summed E-state index contributed by atoms with van der Waals surface area (Å²) in [5.41, 5.74) is 2.75. The third-order valence-electron chi connectivity index (χ3n) is 4.59. The van der Waals surface area contributed by atoms with Crippen LogP contribution in [-0.2, 0) is 16.6 Å². The highest BCUT2D eigenvalue weighted by Gasteiger charge is 2.20. The van der Waals surface area contributed by atoms with Crippen LogP contribution in [0.1, 0.15) is 24.0 Å². The van der Waals surface area contributed by atoms with Gasteiger partial charge in [-0.2, -0.15) is 0 Å². The van der Waals surface area contributed by atoms with Crippen LogP contribution in [0.3, 0.4) is 0 Å². The zero-order valence-corrected chi connectivity index (χ0v) is 19.5. The van der Waals surface area contributed by atoms with Gasteiger partial charge >= 0.3 is 0 Å². The van der Waals surface area contributed by atoms with Gasteiger partial charge < -0.3 is 10.6 Å². The molecule has 0 amide bonds. The fraction of sp³-hybridized carbons (Fsp3) is 0.611. The summed E-state index contributed by atoms with van der Waals surface area (Å²) in [7, 11) is -1.42. The lowest BCUT2D eigenvalue weighted by atomic mass is 10.0. The molecule has 0 atom stereocenters. The molecule has 3 N–H and O–H groups in total. The Morgan fingerprint density at radius 1 is 1.22 bits per heavy atom. The molecule has 0 aromatic heterocycles. The van der Waals surface area contributed by atoms with E-state index in [0.29, 0.717) is 19.1 Å². The summed E-state index contributed by atoms with van der Waals surface area (Å²) in [5, 5.41) is 6.58. The normalized spacial score (nSPS) is 16.6. The molecule has 2 rings (SSSR count). The molecule has 0 spiro atoms. The molecule has 0 saturated carbocycles. The van der Waals surface area contributed by atoms with Crippen LogP contribution in [0.2, 0.25) is 0 Å². The number of guanidine groups is 1. The Morgan fingerprint density at radius 2 is 1.89 bits per heavy atom. The molecule has 0 aliphatic carbocycles. The quantitative estimate of drug-likeness (QED) is 0.223. The van der Waals surface area contributed by atoms with E-state index in [1.807, 2.05) is 0 Å². The fourth-order valence-corrected chi connectivity index (χ4v) is 3.54. The molecule has 0 radical (unpaired) electrons. The first-order chi connectivity index (χ1) is 12.4. The van der Waals surface area contributed by atoms with Crippen molar-refractivity contribution in [1.29, 1.82) is 0 Å².